The number of nitrogens with two attached hydrogens (primary N) is 1. The molecule has 1 unspecified atom stereocenters. The van der Waals surface area contributed by atoms with Crippen molar-refractivity contribution >= 4 is 17.7 Å². The van der Waals surface area contributed by atoms with Crippen molar-refractivity contribution in [3.63, 3.8) is 0 Å². The first kappa shape index (κ1) is 15.9. The van der Waals surface area contributed by atoms with Gasteiger partial charge in [0.25, 0.3) is 0 Å². The van der Waals surface area contributed by atoms with Crippen molar-refractivity contribution in [3.05, 3.63) is 36.5 Å². The molecule has 0 aliphatic heterocycles. The van der Waals surface area contributed by atoms with Gasteiger partial charge in [0.05, 0.1) is 17.1 Å². The number of rotatable bonds is 5. The number of carbonyl (C=O) groups excluding carboxylic acids is 1. The smallest absolute Gasteiger partial charge is 0.233 e. The van der Waals surface area contributed by atoms with E-state index < -0.39 is 0 Å². The number of nitrogens with one attached hydrogen (secondary N) is 1. The van der Waals surface area contributed by atoms with Crippen molar-refractivity contribution in [1.82, 2.24) is 15.0 Å². The molecule has 0 radical (unpaired) electrons. The second-order valence-corrected chi connectivity index (χ2v) is 7.24. The average Bonchev–Trinajstić information content (AvgIpc) is 3.18. The average molecular weight is 330 g/mol. The standard InChI is InChI=1S/C17H22N4OS/c1-12(16(22)19-14-9-5-6-10-14)23-17-20-15(11-21(17)18)13-7-3-2-4-8-13/h2-4,7-8,11-12,14H,5-6,9-10,18H2,1H3,(H,19,22). The molecule has 3 N–H and O–H groups in total. The van der Waals surface area contributed by atoms with E-state index in [1.54, 1.807) is 6.20 Å². The molecule has 1 fully saturated rings. The number of hydrogen-bond donors (Lipinski definition) is 2. The quantitative estimate of drug-likeness (QED) is 0.653. The fourth-order valence-corrected chi connectivity index (χ4v) is 3.63. The predicted molar refractivity (Wildman–Crippen MR) is 93.5 cm³/mol. The number of carbonyl (C=O) groups is 1. The van der Waals surface area contributed by atoms with Crippen LogP contribution in [-0.4, -0.2) is 26.9 Å². The van der Waals surface area contributed by atoms with E-state index in [-0.39, 0.29) is 11.2 Å². The predicted octanol–water partition coefficient (Wildman–Crippen LogP) is 2.80. The van der Waals surface area contributed by atoms with E-state index in [0.717, 1.165) is 24.1 Å². The van der Waals surface area contributed by atoms with E-state index in [1.165, 1.54) is 29.3 Å². The lowest BCUT2D eigenvalue weighted by molar-refractivity contribution is -0.120. The SMILES string of the molecule is CC(Sc1nc(-c2ccccc2)cn1N)C(=O)NC1CCCC1. The first-order chi connectivity index (χ1) is 11.1. The number of aromatic nitrogens is 2. The molecule has 1 aliphatic carbocycles. The molecule has 5 nitrogen and oxygen atoms in total. The third-order valence-electron chi connectivity index (χ3n) is 4.12. The van der Waals surface area contributed by atoms with Crippen LogP contribution in [0.3, 0.4) is 0 Å². The molecule has 3 rings (SSSR count). The van der Waals surface area contributed by atoms with Gasteiger partial charge >= 0.3 is 0 Å². The van der Waals surface area contributed by atoms with Crippen LogP contribution in [0.5, 0.6) is 0 Å². The normalized spacial score (nSPS) is 16.4. The van der Waals surface area contributed by atoms with E-state index in [9.17, 15) is 4.79 Å². The molecule has 1 atom stereocenters. The van der Waals surface area contributed by atoms with Crippen LogP contribution in [0, 0.1) is 0 Å². The molecule has 1 saturated carbocycles. The van der Waals surface area contributed by atoms with E-state index in [2.05, 4.69) is 10.3 Å². The fourth-order valence-electron chi connectivity index (χ4n) is 2.81. The molecular formula is C17H22N4OS. The Morgan fingerprint density at radius 2 is 2.04 bits per heavy atom. The molecule has 0 bridgehead atoms. The van der Waals surface area contributed by atoms with Crippen LogP contribution >= 0.6 is 11.8 Å². The first-order valence-corrected chi connectivity index (χ1v) is 8.88. The molecular weight excluding hydrogens is 308 g/mol. The molecule has 23 heavy (non-hydrogen) atoms. The monoisotopic (exact) mass is 330 g/mol. The molecule has 122 valence electrons. The van der Waals surface area contributed by atoms with Gasteiger partial charge in [-0.15, -0.1) is 0 Å². The number of thioether (sulfide) groups is 1. The van der Waals surface area contributed by atoms with E-state index in [4.69, 9.17) is 5.84 Å². The molecule has 1 aromatic carbocycles. The van der Waals surface area contributed by atoms with Gasteiger partial charge < -0.3 is 11.2 Å². The Morgan fingerprint density at radius 3 is 2.74 bits per heavy atom. The van der Waals surface area contributed by atoms with Gasteiger partial charge in [-0.3, -0.25) is 4.79 Å². The lowest BCUT2D eigenvalue weighted by Gasteiger charge is -2.15. The zero-order chi connectivity index (χ0) is 16.2. The van der Waals surface area contributed by atoms with Crippen LogP contribution in [0.4, 0.5) is 0 Å². The number of nitrogen functional groups attached to an aromatic ring is 1. The minimum Gasteiger partial charge on any atom is -0.352 e. The van der Waals surface area contributed by atoms with Crippen LogP contribution in [0.15, 0.2) is 41.7 Å². The maximum absolute atomic E-state index is 12.3. The molecule has 0 spiro atoms. The molecule has 0 saturated heterocycles. The summed E-state index contributed by atoms with van der Waals surface area (Å²) in [4.78, 5) is 16.8. The Labute approximate surface area is 140 Å². The highest BCUT2D eigenvalue weighted by Gasteiger charge is 2.22. The summed E-state index contributed by atoms with van der Waals surface area (Å²) in [5.41, 5.74) is 1.83. The van der Waals surface area contributed by atoms with Crippen molar-refractivity contribution in [2.45, 2.75) is 49.1 Å². The van der Waals surface area contributed by atoms with Crippen molar-refractivity contribution < 1.29 is 4.79 Å². The van der Waals surface area contributed by atoms with E-state index in [0.29, 0.717) is 11.2 Å². The highest BCUT2D eigenvalue weighted by molar-refractivity contribution is 8.00. The van der Waals surface area contributed by atoms with Crippen molar-refractivity contribution in [1.29, 1.82) is 0 Å². The first-order valence-electron chi connectivity index (χ1n) is 8.00. The number of nitrogens with zero attached hydrogens (tertiary/aromatic N) is 2. The van der Waals surface area contributed by atoms with Gasteiger partial charge in [0.15, 0.2) is 5.16 Å². The lowest BCUT2D eigenvalue weighted by Crippen LogP contribution is -2.37. The third-order valence-corrected chi connectivity index (χ3v) is 5.20. The summed E-state index contributed by atoms with van der Waals surface area (Å²) in [5.74, 6) is 6.05. The van der Waals surface area contributed by atoms with Gasteiger partial charge in [0, 0.05) is 11.6 Å². The number of imidazole rings is 1. The summed E-state index contributed by atoms with van der Waals surface area (Å²) in [5, 5.41) is 3.55. The number of amides is 1. The van der Waals surface area contributed by atoms with Gasteiger partial charge in [-0.25, -0.2) is 9.66 Å². The summed E-state index contributed by atoms with van der Waals surface area (Å²) in [6, 6.07) is 10.2. The third kappa shape index (κ3) is 3.88. The summed E-state index contributed by atoms with van der Waals surface area (Å²) >= 11 is 1.39. The fraction of sp³-hybridized carbons (Fsp3) is 0.412. The highest BCUT2D eigenvalue weighted by Crippen LogP contribution is 2.26. The second-order valence-electron chi connectivity index (χ2n) is 5.93. The van der Waals surface area contributed by atoms with Crippen LogP contribution in [-0.2, 0) is 4.79 Å². The summed E-state index contributed by atoms with van der Waals surface area (Å²) < 4.78 is 1.49. The van der Waals surface area contributed by atoms with Crippen LogP contribution in [0.25, 0.3) is 11.3 Å². The zero-order valence-corrected chi connectivity index (χ0v) is 14.1. The van der Waals surface area contributed by atoms with Crippen LogP contribution < -0.4 is 11.2 Å². The Hall–Kier alpha value is -1.95. The topological polar surface area (TPSA) is 72.9 Å². The molecule has 1 aliphatic rings. The van der Waals surface area contributed by atoms with Gasteiger partial charge in [0.1, 0.15) is 0 Å². The molecule has 1 aromatic heterocycles. The minimum atomic E-state index is -0.219. The molecule has 1 heterocycles. The van der Waals surface area contributed by atoms with E-state index >= 15 is 0 Å². The maximum atomic E-state index is 12.3. The highest BCUT2D eigenvalue weighted by atomic mass is 32.2. The second kappa shape index (κ2) is 7.08. The van der Waals surface area contributed by atoms with Crippen molar-refractivity contribution in [2.24, 2.45) is 0 Å². The van der Waals surface area contributed by atoms with Crippen molar-refractivity contribution in [2.75, 3.05) is 5.84 Å². The van der Waals surface area contributed by atoms with Gasteiger partial charge in [0.2, 0.25) is 5.91 Å². The Morgan fingerprint density at radius 1 is 1.35 bits per heavy atom. The van der Waals surface area contributed by atoms with Gasteiger partial charge in [-0.1, -0.05) is 54.9 Å². The molecule has 6 heteroatoms. The maximum Gasteiger partial charge on any atom is 0.233 e. The number of hydrogen-bond acceptors (Lipinski definition) is 4. The largest absolute Gasteiger partial charge is 0.352 e. The summed E-state index contributed by atoms with van der Waals surface area (Å²) in [7, 11) is 0. The van der Waals surface area contributed by atoms with Gasteiger partial charge in [-0.2, -0.15) is 0 Å². The molecule has 2 aromatic rings. The van der Waals surface area contributed by atoms with Crippen LogP contribution in [0.2, 0.25) is 0 Å². The summed E-state index contributed by atoms with van der Waals surface area (Å²) in [6.07, 6.45) is 6.39. The Balaban J connectivity index is 1.65. The zero-order valence-electron chi connectivity index (χ0n) is 13.2. The summed E-state index contributed by atoms with van der Waals surface area (Å²) in [6.45, 7) is 1.89. The van der Waals surface area contributed by atoms with E-state index in [1.807, 2.05) is 37.3 Å². The number of benzene rings is 1. The van der Waals surface area contributed by atoms with Gasteiger partial charge in [-0.05, 0) is 19.8 Å². The van der Waals surface area contributed by atoms with Crippen LogP contribution in [0.1, 0.15) is 32.6 Å². The Kier molecular flexibility index (Phi) is 4.91. The van der Waals surface area contributed by atoms with Crippen molar-refractivity contribution in [3.8, 4) is 11.3 Å². The molecule has 1 amide bonds. The Bertz CT molecular complexity index is 664. The lowest BCUT2D eigenvalue weighted by atomic mass is 10.2. The minimum absolute atomic E-state index is 0.0613.